The van der Waals surface area contributed by atoms with E-state index < -0.39 is 0 Å². The highest BCUT2D eigenvalue weighted by molar-refractivity contribution is 4.82. The highest BCUT2D eigenvalue weighted by Gasteiger charge is 2.21. The quantitative estimate of drug-likeness (QED) is 0.591. The van der Waals surface area contributed by atoms with Crippen LogP contribution in [0.25, 0.3) is 0 Å². The Labute approximate surface area is 102 Å². The highest BCUT2D eigenvalue weighted by atomic mass is 15.0. The predicted octanol–water partition coefficient (Wildman–Crippen LogP) is 2.93. The second kappa shape index (κ2) is 9.00. The fourth-order valence-electron chi connectivity index (χ4n) is 2.46. The van der Waals surface area contributed by atoms with E-state index in [4.69, 9.17) is 0 Å². The van der Waals surface area contributed by atoms with Gasteiger partial charge in [0.1, 0.15) is 0 Å². The Morgan fingerprint density at radius 1 is 1.12 bits per heavy atom. The summed E-state index contributed by atoms with van der Waals surface area (Å²) < 4.78 is 0. The van der Waals surface area contributed by atoms with Crippen molar-refractivity contribution >= 4 is 0 Å². The third-order valence-corrected chi connectivity index (χ3v) is 3.76. The molecule has 1 aliphatic heterocycles. The fourth-order valence-corrected chi connectivity index (χ4v) is 2.46. The summed E-state index contributed by atoms with van der Waals surface area (Å²) in [5.41, 5.74) is 0. The lowest BCUT2D eigenvalue weighted by Gasteiger charge is -2.16. The summed E-state index contributed by atoms with van der Waals surface area (Å²) in [6.45, 7) is 8.21. The molecule has 0 bridgehead atoms. The van der Waals surface area contributed by atoms with Crippen LogP contribution in [-0.2, 0) is 0 Å². The van der Waals surface area contributed by atoms with Crippen molar-refractivity contribution in [2.75, 3.05) is 19.6 Å². The Morgan fingerprint density at radius 3 is 2.56 bits per heavy atom. The molecule has 2 nitrogen and oxygen atoms in total. The summed E-state index contributed by atoms with van der Waals surface area (Å²) in [5, 5.41) is 7.15. The summed E-state index contributed by atoms with van der Waals surface area (Å²) in [4.78, 5) is 0. The maximum Gasteiger partial charge on any atom is 0.0218 e. The number of rotatable bonds is 9. The largest absolute Gasteiger partial charge is 0.315 e. The lowest BCUT2D eigenvalue weighted by Crippen LogP contribution is -2.37. The van der Waals surface area contributed by atoms with Gasteiger partial charge in [-0.15, -0.1) is 0 Å². The van der Waals surface area contributed by atoms with Gasteiger partial charge in [0.05, 0.1) is 0 Å². The molecule has 0 aromatic carbocycles. The standard InChI is InChI=1S/C14H30N2/c1-3-4-5-6-7-8-10-15-12-14-13(2)9-11-16-14/h13-16H,3-12H2,1-2H3. The van der Waals surface area contributed by atoms with Crippen LogP contribution in [0.15, 0.2) is 0 Å². The molecule has 0 radical (unpaired) electrons. The fraction of sp³-hybridized carbons (Fsp3) is 1.00. The van der Waals surface area contributed by atoms with E-state index in [9.17, 15) is 0 Å². The van der Waals surface area contributed by atoms with Crippen molar-refractivity contribution in [1.29, 1.82) is 0 Å². The second-order valence-corrected chi connectivity index (χ2v) is 5.30. The second-order valence-electron chi connectivity index (χ2n) is 5.30. The van der Waals surface area contributed by atoms with Crippen molar-refractivity contribution in [3.8, 4) is 0 Å². The van der Waals surface area contributed by atoms with Crippen LogP contribution in [0.1, 0.15) is 58.8 Å². The van der Waals surface area contributed by atoms with Crippen LogP contribution >= 0.6 is 0 Å². The molecule has 1 heterocycles. The van der Waals surface area contributed by atoms with Gasteiger partial charge in [0.2, 0.25) is 0 Å². The molecule has 2 atom stereocenters. The Balaban J connectivity index is 1.81. The third kappa shape index (κ3) is 5.86. The smallest absolute Gasteiger partial charge is 0.0218 e. The Kier molecular flexibility index (Phi) is 7.87. The van der Waals surface area contributed by atoms with Crippen LogP contribution in [0.3, 0.4) is 0 Å². The van der Waals surface area contributed by atoms with E-state index in [0.717, 1.165) is 18.5 Å². The minimum atomic E-state index is 0.722. The molecule has 0 aliphatic carbocycles. The molecular formula is C14H30N2. The van der Waals surface area contributed by atoms with Gasteiger partial charge in [-0.1, -0.05) is 46.0 Å². The molecule has 1 rings (SSSR count). The van der Waals surface area contributed by atoms with Crippen molar-refractivity contribution in [1.82, 2.24) is 10.6 Å². The molecule has 2 N–H and O–H groups in total. The first-order valence-electron chi connectivity index (χ1n) is 7.28. The molecular weight excluding hydrogens is 196 g/mol. The maximum absolute atomic E-state index is 3.59. The first-order valence-corrected chi connectivity index (χ1v) is 7.28. The predicted molar refractivity (Wildman–Crippen MR) is 71.8 cm³/mol. The zero-order chi connectivity index (χ0) is 11.6. The molecule has 1 aliphatic rings. The van der Waals surface area contributed by atoms with E-state index in [-0.39, 0.29) is 0 Å². The topological polar surface area (TPSA) is 24.1 Å². The zero-order valence-electron chi connectivity index (χ0n) is 11.2. The SMILES string of the molecule is CCCCCCCCNCC1NCCC1C. The minimum Gasteiger partial charge on any atom is -0.315 e. The van der Waals surface area contributed by atoms with Crippen LogP contribution in [0, 0.1) is 5.92 Å². The highest BCUT2D eigenvalue weighted by Crippen LogP contribution is 2.13. The summed E-state index contributed by atoms with van der Waals surface area (Å²) >= 11 is 0. The molecule has 2 heteroatoms. The van der Waals surface area contributed by atoms with Crippen LogP contribution in [0.4, 0.5) is 0 Å². The summed E-state index contributed by atoms with van der Waals surface area (Å²) in [5.74, 6) is 0.858. The van der Waals surface area contributed by atoms with Crippen molar-refractivity contribution < 1.29 is 0 Å². The van der Waals surface area contributed by atoms with E-state index in [1.54, 1.807) is 0 Å². The molecule has 0 saturated carbocycles. The molecule has 0 aromatic heterocycles. The normalized spacial score (nSPS) is 25.1. The van der Waals surface area contributed by atoms with Crippen molar-refractivity contribution in [3.05, 3.63) is 0 Å². The first kappa shape index (κ1) is 14.0. The van der Waals surface area contributed by atoms with Crippen molar-refractivity contribution in [2.24, 2.45) is 5.92 Å². The van der Waals surface area contributed by atoms with Gasteiger partial charge in [0, 0.05) is 12.6 Å². The van der Waals surface area contributed by atoms with Crippen LogP contribution in [0.2, 0.25) is 0 Å². The van der Waals surface area contributed by atoms with Gasteiger partial charge >= 0.3 is 0 Å². The number of hydrogen-bond donors (Lipinski definition) is 2. The summed E-state index contributed by atoms with van der Waals surface area (Å²) in [7, 11) is 0. The molecule has 16 heavy (non-hydrogen) atoms. The maximum atomic E-state index is 3.59. The molecule has 1 saturated heterocycles. The Hall–Kier alpha value is -0.0800. The van der Waals surface area contributed by atoms with E-state index in [0.29, 0.717) is 0 Å². The van der Waals surface area contributed by atoms with Crippen molar-refractivity contribution in [3.63, 3.8) is 0 Å². The first-order chi connectivity index (χ1) is 7.84. The number of hydrogen-bond acceptors (Lipinski definition) is 2. The van der Waals surface area contributed by atoms with E-state index in [1.807, 2.05) is 0 Å². The summed E-state index contributed by atoms with van der Waals surface area (Å²) in [6.07, 6.45) is 9.72. The zero-order valence-corrected chi connectivity index (χ0v) is 11.2. The number of unbranched alkanes of at least 4 members (excludes halogenated alkanes) is 5. The van der Waals surface area contributed by atoms with Gasteiger partial charge in [-0.2, -0.15) is 0 Å². The molecule has 2 unspecified atom stereocenters. The molecule has 96 valence electrons. The van der Waals surface area contributed by atoms with Gasteiger partial charge < -0.3 is 10.6 Å². The van der Waals surface area contributed by atoms with Gasteiger partial charge in [0.25, 0.3) is 0 Å². The third-order valence-electron chi connectivity index (χ3n) is 3.76. The lowest BCUT2D eigenvalue weighted by molar-refractivity contribution is 0.443. The lowest BCUT2D eigenvalue weighted by atomic mass is 10.0. The monoisotopic (exact) mass is 226 g/mol. The molecule has 0 aromatic rings. The molecule has 1 fully saturated rings. The Morgan fingerprint density at radius 2 is 1.88 bits per heavy atom. The van der Waals surface area contributed by atoms with Gasteiger partial charge in [-0.3, -0.25) is 0 Å². The Bertz CT molecular complexity index is 159. The average Bonchev–Trinajstić information content (AvgIpc) is 2.68. The van der Waals surface area contributed by atoms with Crippen molar-refractivity contribution in [2.45, 2.75) is 64.8 Å². The van der Waals surface area contributed by atoms with Gasteiger partial charge in [-0.05, 0) is 31.8 Å². The van der Waals surface area contributed by atoms with E-state index in [2.05, 4.69) is 24.5 Å². The molecule has 0 amide bonds. The van der Waals surface area contributed by atoms with Crippen LogP contribution < -0.4 is 10.6 Å². The van der Waals surface area contributed by atoms with Crippen LogP contribution in [-0.4, -0.2) is 25.7 Å². The van der Waals surface area contributed by atoms with Crippen LogP contribution in [0.5, 0.6) is 0 Å². The van der Waals surface area contributed by atoms with Gasteiger partial charge in [0.15, 0.2) is 0 Å². The average molecular weight is 226 g/mol. The van der Waals surface area contributed by atoms with E-state index >= 15 is 0 Å². The number of nitrogens with one attached hydrogen (secondary N) is 2. The summed E-state index contributed by atoms with van der Waals surface area (Å²) in [6, 6.07) is 0.722. The van der Waals surface area contributed by atoms with Gasteiger partial charge in [-0.25, -0.2) is 0 Å². The molecule has 0 spiro atoms. The van der Waals surface area contributed by atoms with E-state index in [1.165, 1.54) is 58.0 Å². The minimum absolute atomic E-state index is 0.722.